The van der Waals surface area contributed by atoms with Crippen molar-refractivity contribution in [3.05, 3.63) is 0 Å². The number of unbranched alkanes of at least 4 members (excludes halogenated alkanes) is 10. The normalized spacial score (nSPS) is 14.9. The Balaban J connectivity index is 3.37. The topological polar surface area (TPSA) is 113 Å². The highest BCUT2D eigenvalue weighted by atomic mass is 31.3. The molecule has 3 N–H and O–H groups in total. The van der Waals surface area contributed by atoms with E-state index in [1.54, 1.807) is 0 Å². The Labute approximate surface area is 133 Å². The van der Waals surface area contributed by atoms with E-state index >= 15 is 0 Å². The van der Waals surface area contributed by atoms with Gasteiger partial charge in [0.15, 0.2) is 0 Å². The zero-order chi connectivity index (χ0) is 16.9. The number of phosphoric acid groups is 2. The Morgan fingerprint density at radius 2 is 1.14 bits per heavy atom. The Bertz CT molecular complexity index is 356. The fourth-order valence-corrected chi connectivity index (χ4v) is 3.73. The maximum Gasteiger partial charge on any atom is 0.481 e. The minimum absolute atomic E-state index is 0.0508. The highest BCUT2D eigenvalue weighted by molar-refractivity contribution is 7.60. The highest BCUT2D eigenvalue weighted by Crippen LogP contribution is 2.57. The average molecular weight is 360 g/mol. The lowest BCUT2D eigenvalue weighted by molar-refractivity contribution is 0.176. The summed E-state index contributed by atoms with van der Waals surface area (Å²) in [6.45, 7) is 2.16. The standard InChI is InChI=1S/C13H30O7P2/c1-2-3-4-5-6-7-8-9-10-11-12-13-19-22(17,18)20-21(14,15)16/h2-13H2,1H3,(H,17,18)(H2,14,15,16). The fraction of sp³-hybridized carbons (Fsp3) is 1.00. The third-order valence-electron chi connectivity index (χ3n) is 3.21. The molecule has 0 saturated carbocycles. The van der Waals surface area contributed by atoms with Gasteiger partial charge in [-0.15, -0.1) is 0 Å². The van der Waals surface area contributed by atoms with Gasteiger partial charge in [-0.25, -0.2) is 9.13 Å². The van der Waals surface area contributed by atoms with E-state index in [-0.39, 0.29) is 6.61 Å². The van der Waals surface area contributed by atoms with Crippen LogP contribution in [0.1, 0.15) is 77.6 Å². The Hall–Kier alpha value is 0.260. The lowest BCUT2D eigenvalue weighted by atomic mass is 10.1. The van der Waals surface area contributed by atoms with Crippen LogP contribution in [0.3, 0.4) is 0 Å². The van der Waals surface area contributed by atoms with Gasteiger partial charge in [0.2, 0.25) is 0 Å². The smallest absolute Gasteiger partial charge is 0.302 e. The zero-order valence-corrected chi connectivity index (χ0v) is 15.1. The molecule has 0 heterocycles. The lowest BCUT2D eigenvalue weighted by Crippen LogP contribution is -1.96. The Kier molecular flexibility index (Phi) is 12.8. The largest absolute Gasteiger partial charge is 0.481 e. The van der Waals surface area contributed by atoms with E-state index in [2.05, 4.69) is 15.8 Å². The lowest BCUT2D eigenvalue weighted by Gasteiger charge is -2.12. The van der Waals surface area contributed by atoms with Gasteiger partial charge in [-0.1, -0.05) is 71.1 Å². The van der Waals surface area contributed by atoms with Crippen molar-refractivity contribution in [2.24, 2.45) is 0 Å². The Morgan fingerprint density at radius 1 is 0.727 bits per heavy atom. The average Bonchev–Trinajstić information content (AvgIpc) is 2.37. The van der Waals surface area contributed by atoms with Crippen LogP contribution in [0.2, 0.25) is 0 Å². The van der Waals surface area contributed by atoms with Crippen molar-refractivity contribution in [1.29, 1.82) is 0 Å². The third kappa shape index (κ3) is 16.6. The maximum absolute atomic E-state index is 11.1. The van der Waals surface area contributed by atoms with Crippen molar-refractivity contribution in [2.45, 2.75) is 77.6 Å². The first-order valence-electron chi connectivity index (χ1n) is 8.01. The van der Waals surface area contributed by atoms with Gasteiger partial charge < -0.3 is 14.7 Å². The summed E-state index contributed by atoms with van der Waals surface area (Å²) in [5, 5.41) is 0. The molecule has 0 fully saturated rings. The van der Waals surface area contributed by atoms with Crippen LogP contribution in [0.4, 0.5) is 0 Å². The van der Waals surface area contributed by atoms with Crippen LogP contribution in [0.25, 0.3) is 0 Å². The van der Waals surface area contributed by atoms with Crippen LogP contribution >= 0.6 is 15.6 Å². The second-order valence-corrected chi connectivity index (χ2v) is 8.24. The summed E-state index contributed by atoms with van der Waals surface area (Å²) >= 11 is 0. The van der Waals surface area contributed by atoms with Crippen molar-refractivity contribution < 1.29 is 32.6 Å². The zero-order valence-electron chi connectivity index (χ0n) is 13.4. The van der Waals surface area contributed by atoms with Gasteiger partial charge in [-0.05, 0) is 6.42 Å². The highest BCUT2D eigenvalue weighted by Gasteiger charge is 2.31. The van der Waals surface area contributed by atoms with Gasteiger partial charge in [-0.2, -0.15) is 4.31 Å². The summed E-state index contributed by atoms with van der Waals surface area (Å²) in [7, 11) is -9.67. The predicted octanol–water partition coefficient (Wildman–Crippen LogP) is 4.52. The van der Waals surface area contributed by atoms with Crippen molar-refractivity contribution in [2.75, 3.05) is 6.61 Å². The number of hydrogen-bond acceptors (Lipinski definition) is 4. The molecular weight excluding hydrogens is 330 g/mol. The molecule has 0 aliphatic rings. The van der Waals surface area contributed by atoms with E-state index in [0.29, 0.717) is 6.42 Å². The molecule has 0 spiro atoms. The molecule has 134 valence electrons. The SMILES string of the molecule is CCCCCCCCCCCCCOP(=O)(O)OP(=O)(O)O. The summed E-state index contributed by atoms with van der Waals surface area (Å²) in [6, 6.07) is 0. The van der Waals surface area contributed by atoms with Crippen LogP contribution in [-0.4, -0.2) is 21.3 Å². The second-order valence-electron chi connectivity index (χ2n) is 5.41. The first-order chi connectivity index (χ1) is 10.3. The third-order valence-corrected chi connectivity index (χ3v) is 5.40. The van der Waals surface area contributed by atoms with Gasteiger partial charge in [-0.3, -0.25) is 4.52 Å². The van der Waals surface area contributed by atoms with Gasteiger partial charge >= 0.3 is 15.6 Å². The molecule has 1 unspecified atom stereocenters. The van der Waals surface area contributed by atoms with E-state index in [9.17, 15) is 9.13 Å². The van der Waals surface area contributed by atoms with Gasteiger partial charge in [0, 0.05) is 0 Å². The molecule has 7 nitrogen and oxygen atoms in total. The molecule has 0 saturated heterocycles. The summed E-state index contributed by atoms with van der Waals surface area (Å²) in [4.78, 5) is 25.9. The number of rotatable bonds is 15. The van der Waals surface area contributed by atoms with Gasteiger partial charge in [0.25, 0.3) is 0 Å². The first-order valence-corrected chi connectivity index (χ1v) is 11.0. The molecule has 0 rings (SSSR count). The van der Waals surface area contributed by atoms with Crippen molar-refractivity contribution >= 4 is 15.6 Å². The molecule has 0 aromatic carbocycles. The quantitative estimate of drug-likeness (QED) is 0.290. The van der Waals surface area contributed by atoms with E-state index in [0.717, 1.165) is 19.3 Å². The minimum Gasteiger partial charge on any atom is -0.302 e. The molecule has 0 amide bonds. The van der Waals surface area contributed by atoms with Crippen LogP contribution in [0, 0.1) is 0 Å². The van der Waals surface area contributed by atoms with Crippen LogP contribution < -0.4 is 0 Å². The van der Waals surface area contributed by atoms with E-state index in [1.807, 2.05) is 0 Å². The summed E-state index contributed by atoms with van der Waals surface area (Å²) in [5.74, 6) is 0. The molecule has 0 radical (unpaired) electrons. The molecule has 0 aliphatic carbocycles. The van der Waals surface area contributed by atoms with Crippen LogP contribution in [0.15, 0.2) is 0 Å². The molecule has 0 bridgehead atoms. The fourth-order valence-electron chi connectivity index (χ4n) is 2.10. The monoisotopic (exact) mass is 360 g/mol. The minimum atomic E-state index is -5.01. The van der Waals surface area contributed by atoms with Crippen LogP contribution in [0.5, 0.6) is 0 Å². The van der Waals surface area contributed by atoms with E-state index in [1.165, 1.54) is 44.9 Å². The molecule has 1 atom stereocenters. The molecule has 0 aromatic heterocycles. The number of phosphoric ester groups is 1. The van der Waals surface area contributed by atoms with Gasteiger partial charge in [0.1, 0.15) is 0 Å². The second kappa shape index (κ2) is 12.7. The van der Waals surface area contributed by atoms with Gasteiger partial charge in [0.05, 0.1) is 6.61 Å². The Morgan fingerprint density at radius 3 is 1.55 bits per heavy atom. The predicted molar refractivity (Wildman–Crippen MR) is 85.4 cm³/mol. The summed E-state index contributed by atoms with van der Waals surface area (Å²) in [5.41, 5.74) is 0. The molecular formula is C13H30O7P2. The summed E-state index contributed by atoms with van der Waals surface area (Å²) < 4.78 is 29.7. The van der Waals surface area contributed by atoms with Crippen molar-refractivity contribution in [3.8, 4) is 0 Å². The molecule has 22 heavy (non-hydrogen) atoms. The first kappa shape index (κ1) is 22.3. The maximum atomic E-state index is 11.1. The molecule has 9 heteroatoms. The summed E-state index contributed by atoms with van der Waals surface area (Å²) in [6.07, 6.45) is 12.5. The number of hydrogen-bond donors (Lipinski definition) is 3. The molecule has 0 aliphatic heterocycles. The molecule has 0 aromatic rings. The van der Waals surface area contributed by atoms with E-state index < -0.39 is 15.6 Å². The van der Waals surface area contributed by atoms with Crippen LogP contribution in [-0.2, 0) is 18.0 Å². The van der Waals surface area contributed by atoms with Crippen molar-refractivity contribution in [3.63, 3.8) is 0 Å². The van der Waals surface area contributed by atoms with E-state index in [4.69, 9.17) is 14.7 Å². The van der Waals surface area contributed by atoms with Crippen molar-refractivity contribution in [1.82, 2.24) is 0 Å².